The molecule has 11 heteroatoms. The molecular formula is C35H50BF3N4O3. The molecular weight excluding hydrogens is 592 g/mol. The maximum absolute atomic E-state index is 14.4. The van der Waals surface area contributed by atoms with E-state index in [-0.39, 0.29) is 17.7 Å². The van der Waals surface area contributed by atoms with Crippen LogP contribution in [0.1, 0.15) is 122 Å². The number of aryl methyl sites for hydroxylation is 1. The van der Waals surface area contributed by atoms with Crippen LogP contribution in [-0.2, 0) is 22.0 Å². The molecule has 1 aromatic carbocycles. The van der Waals surface area contributed by atoms with Crippen LogP contribution in [0.5, 0.6) is 0 Å². The van der Waals surface area contributed by atoms with Gasteiger partial charge in [0.25, 0.3) is 0 Å². The molecule has 2 atom stereocenters. The zero-order chi connectivity index (χ0) is 33.9. The molecule has 3 rings (SSSR count). The minimum atomic E-state index is -4.48. The van der Waals surface area contributed by atoms with E-state index in [9.17, 15) is 18.0 Å². The summed E-state index contributed by atoms with van der Waals surface area (Å²) in [5, 5.41) is 11.8. The number of rotatable bonds is 12. The van der Waals surface area contributed by atoms with E-state index in [4.69, 9.17) is 19.6 Å². The number of nitrogens with zero attached hydrogens (tertiary/aromatic N) is 3. The van der Waals surface area contributed by atoms with Gasteiger partial charge in [-0.25, -0.2) is 0 Å². The number of hydrogen-bond acceptors (Lipinski definition) is 6. The van der Waals surface area contributed by atoms with Gasteiger partial charge in [0.2, 0.25) is 0 Å². The van der Waals surface area contributed by atoms with Gasteiger partial charge in [0.1, 0.15) is 0 Å². The Morgan fingerprint density at radius 1 is 1.17 bits per heavy atom. The number of halogens is 3. The number of hydrogen-bond donors (Lipinski definition) is 1. The number of alkyl halides is 3. The quantitative estimate of drug-likeness (QED) is 0.140. The van der Waals surface area contributed by atoms with Crippen molar-refractivity contribution in [1.29, 1.82) is 5.26 Å². The monoisotopic (exact) mass is 642 g/mol. The van der Waals surface area contributed by atoms with Crippen molar-refractivity contribution < 1.29 is 27.4 Å². The summed E-state index contributed by atoms with van der Waals surface area (Å²) in [6.07, 6.45) is 8.07. The van der Waals surface area contributed by atoms with Crippen molar-refractivity contribution in [2.75, 3.05) is 6.54 Å². The van der Waals surface area contributed by atoms with Gasteiger partial charge in [-0.3, -0.25) is 0 Å². The maximum atomic E-state index is 14.4. The van der Waals surface area contributed by atoms with E-state index in [1.54, 1.807) is 39.2 Å². The molecule has 2 unspecified atom stereocenters. The Morgan fingerprint density at radius 3 is 2.50 bits per heavy atom. The van der Waals surface area contributed by atoms with Gasteiger partial charge >= 0.3 is 236 Å². The van der Waals surface area contributed by atoms with Gasteiger partial charge in [0.15, 0.2) is 0 Å². The van der Waals surface area contributed by atoms with Crippen LogP contribution >= 0.6 is 0 Å². The van der Waals surface area contributed by atoms with Gasteiger partial charge in [-0.15, -0.1) is 0 Å². The molecule has 0 aromatic heterocycles. The number of benzene rings is 1. The number of nitrogens with one attached hydrogen (secondary N) is 1. The third kappa shape index (κ3) is 10.9. The fourth-order valence-corrected chi connectivity index (χ4v) is 6.36. The summed E-state index contributed by atoms with van der Waals surface area (Å²) < 4.78 is 53.7. The zero-order valence-corrected chi connectivity index (χ0v) is 28.3. The number of likely N-dealkylation sites (tertiary alicyclic amines) is 1. The van der Waals surface area contributed by atoms with Crippen LogP contribution in [0, 0.1) is 23.4 Å². The first kappa shape index (κ1) is 37.2. The van der Waals surface area contributed by atoms with E-state index in [1.807, 2.05) is 31.7 Å². The Bertz CT molecular complexity index is 1310. The first-order chi connectivity index (χ1) is 21.8. The molecule has 46 heavy (non-hydrogen) atoms. The zero-order valence-electron chi connectivity index (χ0n) is 28.3. The SMILES string of the molecule is CC/C=C(\N=C(C(C)CC)C1CCCN1C(=BOC#N)NC(=O)OC(C)(C)C)c1ccc(CCC2CCCCC2)c(C(F)(F)F)c1. The van der Waals surface area contributed by atoms with E-state index in [2.05, 4.69) is 5.32 Å². The summed E-state index contributed by atoms with van der Waals surface area (Å²) in [5.41, 5.74) is 0.988. The number of amides is 1. The topological polar surface area (TPSA) is 87.0 Å². The second-order valence-electron chi connectivity index (χ2n) is 13.4. The molecule has 252 valence electrons. The first-order valence-electron chi connectivity index (χ1n) is 16.8. The average Bonchev–Trinajstić information content (AvgIpc) is 3.48. The van der Waals surface area contributed by atoms with Crippen molar-refractivity contribution in [3.05, 3.63) is 41.0 Å². The van der Waals surface area contributed by atoms with Crippen molar-refractivity contribution in [3.8, 4) is 6.26 Å². The number of carbonyl (C=O) groups is 1. The molecule has 0 spiro atoms. The Hall–Kier alpha value is -3.29. The third-order valence-corrected chi connectivity index (χ3v) is 8.78. The third-order valence-electron chi connectivity index (χ3n) is 8.78. The Labute approximate surface area is 273 Å². The standard InChI is InChI=1S/C35H50BF3N4O3/c1-7-13-29(27-20-19-26(28(22-27)35(37,38)39)18-17-25-14-10-9-11-15-25)41-31(24(3)8-2)30-16-12-21-43(30)32(36-45-23-40)42-33(44)46-34(4,5)6/h13,19-20,22,24-25,30H,7-12,14-18,21H2,1-6H3,(H,42,44)/b29-13-,41-31?. The molecule has 7 nitrogen and oxygen atoms in total. The number of nitriles is 1. The molecule has 1 aliphatic heterocycles. The fourth-order valence-electron chi connectivity index (χ4n) is 6.36. The summed E-state index contributed by atoms with van der Waals surface area (Å²) in [7, 11) is 1.18. The van der Waals surface area contributed by atoms with Gasteiger partial charge in [0.05, 0.1) is 0 Å². The molecule has 0 radical (unpaired) electrons. The van der Waals surface area contributed by atoms with E-state index < -0.39 is 23.4 Å². The van der Waals surface area contributed by atoms with Crippen molar-refractivity contribution in [3.63, 3.8) is 0 Å². The summed E-state index contributed by atoms with van der Waals surface area (Å²) in [6.45, 7) is 11.8. The van der Waals surface area contributed by atoms with Gasteiger partial charge in [-0.05, 0) is 5.92 Å². The summed E-state index contributed by atoms with van der Waals surface area (Å²) in [4.78, 5) is 19.7. The van der Waals surface area contributed by atoms with E-state index >= 15 is 0 Å². The van der Waals surface area contributed by atoms with Crippen molar-refractivity contribution >= 4 is 30.3 Å². The van der Waals surface area contributed by atoms with Crippen LogP contribution in [0.25, 0.3) is 5.70 Å². The predicted molar refractivity (Wildman–Crippen MR) is 178 cm³/mol. The van der Waals surface area contributed by atoms with Crippen LogP contribution in [0.2, 0.25) is 0 Å². The van der Waals surface area contributed by atoms with E-state index in [1.165, 1.54) is 19.6 Å². The molecule has 1 aliphatic carbocycles. The van der Waals surface area contributed by atoms with Gasteiger partial charge in [-0.1, -0.05) is 32.1 Å². The number of ether oxygens (including phenoxy) is 1. The van der Waals surface area contributed by atoms with E-state index in [0.29, 0.717) is 48.5 Å². The molecule has 1 amide bonds. The number of aliphatic imine (C=N–C) groups is 1. The second kappa shape index (κ2) is 17.0. The van der Waals surface area contributed by atoms with Gasteiger partial charge in [0, 0.05) is 0 Å². The number of alkyl carbamates (subject to hydrolysis) is 1. The van der Waals surface area contributed by atoms with Crippen molar-refractivity contribution in [2.45, 2.75) is 130 Å². The first-order valence-corrected chi connectivity index (χ1v) is 16.8. The molecule has 0 bridgehead atoms. The van der Waals surface area contributed by atoms with Crippen molar-refractivity contribution in [2.24, 2.45) is 16.8 Å². The molecule has 1 heterocycles. The molecule has 1 saturated carbocycles. The number of carbonyl (C=O) groups excluding carboxylic acids is 1. The Balaban J connectivity index is 2.00. The van der Waals surface area contributed by atoms with Crippen LogP contribution in [-0.4, -0.2) is 47.7 Å². The second-order valence-corrected chi connectivity index (χ2v) is 13.4. The summed E-state index contributed by atoms with van der Waals surface area (Å²) >= 11 is 0. The van der Waals surface area contributed by atoms with Gasteiger partial charge in [-0.2, -0.15) is 0 Å². The van der Waals surface area contributed by atoms with Crippen LogP contribution < -0.4 is 5.32 Å². The van der Waals surface area contributed by atoms with Crippen molar-refractivity contribution in [1.82, 2.24) is 10.2 Å². The van der Waals surface area contributed by atoms with Crippen LogP contribution in [0.4, 0.5) is 18.0 Å². The molecule has 2 fully saturated rings. The van der Waals surface area contributed by atoms with Gasteiger partial charge < -0.3 is 0 Å². The fraction of sp³-hybridized carbons (Fsp3) is 0.657. The summed E-state index contributed by atoms with van der Waals surface area (Å²) in [6, 6.07) is 4.39. The molecule has 2 aliphatic rings. The Morgan fingerprint density at radius 2 is 1.89 bits per heavy atom. The van der Waals surface area contributed by atoms with E-state index in [0.717, 1.165) is 50.7 Å². The molecule has 1 saturated heterocycles. The summed E-state index contributed by atoms with van der Waals surface area (Å²) in [5.74, 6) is 0.479. The average molecular weight is 643 g/mol. The predicted octanol–water partition coefficient (Wildman–Crippen LogP) is 8.65. The van der Waals surface area contributed by atoms with Crippen LogP contribution in [0.15, 0.2) is 29.3 Å². The van der Waals surface area contributed by atoms with Crippen LogP contribution in [0.3, 0.4) is 0 Å². The molecule has 1 N–H and O–H groups in total. The Kier molecular flexibility index (Phi) is 13.8. The molecule has 1 aromatic rings. The number of allylic oxidation sites excluding steroid dienone is 1. The minimum absolute atomic E-state index is 0.0117. The normalized spacial score (nSPS) is 19.3.